The van der Waals surface area contributed by atoms with E-state index < -0.39 is 0 Å². The molecule has 1 aromatic carbocycles. The van der Waals surface area contributed by atoms with Gasteiger partial charge in [0.15, 0.2) is 0 Å². The van der Waals surface area contributed by atoms with Crippen molar-refractivity contribution in [1.29, 1.82) is 0 Å². The summed E-state index contributed by atoms with van der Waals surface area (Å²) in [5.41, 5.74) is 0.832. The molecule has 4 heteroatoms. The molecule has 1 N–H and O–H groups in total. The highest BCUT2D eigenvalue weighted by Gasteiger charge is 2.13. The van der Waals surface area contributed by atoms with Crippen molar-refractivity contribution in [2.75, 3.05) is 31.6 Å². The van der Waals surface area contributed by atoms with Gasteiger partial charge in [0.1, 0.15) is 5.75 Å². The summed E-state index contributed by atoms with van der Waals surface area (Å²) in [7, 11) is 0. The van der Waals surface area contributed by atoms with E-state index in [1.807, 2.05) is 24.3 Å². The number of nitrogens with one attached hydrogen (secondary N) is 1. The van der Waals surface area contributed by atoms with E-state index >= 15 is 0 Å². The Labute approximate surface area is 133 Å². The van der Waals surface area contributed by atoms with E-state index in [1.54, 1.807) is 0 Å². The quantitative estimate of drug-likeness (QED) is 0.838. The highest BCUT2D eigenvalue weighted by atomic mass is 16.5. The monoisotopic (exact) mass is 304 g/mol. The first-order valence-electron chi connectivity index (χ1n) is 8.38. The Hall–Kier alpha value is -1.55. The van der Waals surface area contributed by atoms with Crippen LogP contribution >= 0.6 is 0 Å². The second kappa shape index (κ2) is 8.79. The SMILES string of the molecule is CC(C)CCOc1ccc(NC(=O)CN2CCCCC2)cc1. The van der Waals surface area contributed by atoms with E-state index in [9.17, 15) is 4.79 Å². The van der Waals surface area contributed by atoms with Crippen molar-refractivity contribution in [2.45, 2.75) is 39.5 Å². The van der Waals surface area contributed by atoms with Crippen LogP contribution < -0.4 is 10.1 Å². The molecule has 1 fully saturated rings. The van der Waals surface area contributed by atoms with E-state index in [0.29, 0.717) is 12.5 Å². The number of piperidine rings is 1. The van der Waals surface area contributed by atoms with Gasteiger partial charge in [0, 0.05) is 5.69 Å². The van der Waals surface area contributed by atoms with Crippen molar-refractivity contribution in [2.24, 2.45) is 5.92 Å². The van der Waals surface area contributed by atoms with E-state index in [4.69, 9.17) is 4.74 Å². The van der Waals surface area contributed by atoms with E-state index in [-0.39, 0.29) is 5.91 Å². The van der Waals surface area contributed by atoms with Crippen LogP contribution in [0, 0.1) is 5.92 Å². The summed E-state index contributed by atoms with van der Waals surface area (Å²) < 4.78 is 5.68. The molecule has 0 spiro atoms. The summed E-state index contributed by atoms with van der Waals surface area (Å²) >= 11 is 0. The van der Waals surface area contributed by atoms with Crippen molar-refractivity contribution < 1.29 is 9.53 Å². The van der Waals surface area contributed by atoms with Gasteiger partial charge in [-0.05, 0) is 62.5 Å². The number of nitrogens with zero attached hydrogens (tertiary/aromatic N) is 1. The highest BCUT2D eigenvalue weighted by molar-refractivity contribution is 5.92. The topological polar surface area (TPSA) is 41.6 Å². The number of benzene rings is 1. The van der Waals surface area contributed by atoms with Crippen LogP contribution in [0.2, 0.25) is 0 Å². The van der Waals surface area contributed by atoms with Gasteiger partial charge in [-0.15, -0.1) is 0 Å². The van der Waals surface area contributed by atoms with Gasteiger partial charge in [0.25, 0.3) is 0 Å². The molecule has 1 amide bonds. The first-order chi connectivity index (χ1) is 10.6. The Morgan fingerprint density at radius 1 is 1.18 bits per heavy atom. The second-order valence-electron chi connectivity index (χ2n) is 6.44. The van der Waals surface area contributed by atoms with Crippen molar-refractivity contribution in [1.82, 2.24) is 4.90 Å². The van der Waals surface area contributed by atoms with Crippen LogP contribution in [0.1, 0.15) is 39.5 Å². The molecule has 1 aromatic rings. The van der Waals surface area contributed by atoms with Crippen molar-refractivity contribution >= 4 is 11.6 Å². The van der Waals surface area contributed by atoms with Crippen molar-refractivity contribution in [3.8, 4) is 5.75 Å². The highest BCUT2D eigenvalue weighted by Crippen LogP contribution is 2.16. The molecule has 122 valence electrons. The molecular formula is C18H28N2O2. The minimum atomic E-state index is 0.0652. The van der Waals surface area contributed by atoms with Gasteiger partial charge < -0.3 is 10.1 Å². The smallest absolute Gasteiger partial charge is 0.238 e. The first-order valence-corrected chi connectivity index (χ1v) is 8.38. The Balaban J connectivity index is 1.74. The number of hydrogen-bond acceptors (Lipinski definition) is 3. The van der Waals surface area contributed by atoms with Gasteiger partial charge in [-0.2, -0.15) is 0 Å². The molecule has 1 aliphatic heterocycles. The molecule has 0 aromatic heterocycles. The molecule has 1 saturated heterocycles. The van der Waals surface area contributed by atoms with Gasteiger partial charge in [0.2, 0.25) is 5.91 Å². The molecule has 0 radical (unpaired) electrons. The minimum absolute atomic E-state index is 0.0652. The van der Waals surface area contributed by atoms with Crippen molar-refractivity contribution in [3.63, 3.8) is 0 Å². The third-order valence-corrected chi connectivity index (χ3v) is 3.92. The molecule has 0 atom stereocenters. The zero-order chi connectivity index (χ0) is 15.8. The van der Waals surface area contributed by atoms with Crippen LogP contribution in [-0.4, -0.2) is 37.0 Å². The van der Waals surface area contributed by atoms with Crippen LogP contribution in [-0.2, 0) is 4.79 Å². The molecule has 0 bridgehead atoms. The number of amides is 1. The average Bonchev–Trinajstić information content (AvgIpc) is 2.49. The summed E-state index contributed by atoms with van der Waals surface area (Å²) in [6.45, 7) is 7.67. The molecular weight excluding hydrogens is 276 g/mol. The molecule has 0 aliphatic carbocycles. The maximum Gasteiger partial charge on any atom is 0.238 e. The zero-order valence-electron chi connectivity index (χ0n) is 13.8. The Kier molecular flexibility index (Phi) is 6.72. The Morgan fingerprint density at radius 2 is 1.86 bits per heavy atom. The lowest BCUT2D eigenvalue weighted by molar-refractivity contribution is -0.117. The van der Waals surface area contributed by atoms with Gasteiger partial charge in [0.05, 0.1) is 13.2 Å². The van der Waals surface area contributed by atoms with Crippen LogP contribution in [0.5, 0.6) is 5.75 Å². The van der Waals surface area contributed by atoms with Gasteiger partial charge in [-0.1, -0.05) is 20.3 Å². The average molecular weight is 304 g/mol. The number of hydrogen-bond donors (Lipinski definition) is 1. The normalized spacial score (nSPS) is 15.8. The summed E-state index contributed by atoms with van der Waals surface area (Å²) in [5, 5.41) is 2.95. The fraction of sp³-hybridized carbons (Fsp3) is 0.611. The molecule has 2 rings (SSSR count). The van der Waals surface area contributed by atoms with Gasteiger partial charge in [-0.25, -0.2) is 0 Å². The predicted octanol–water partition coefficient (Wildman–Crippen LogP) is 3.54. The van der Waals surface area contributed by atoms with E-state index in [0.717, 1.165) is 37.6 Å². The van der Waals surface area contributed by atoms with E-state index in [2.05, 4.69) is 24.1 Å². The summed E-state index contributed by atoms with van der Waals surface area (Å²) in [6.07, 6.45) is 4.75. The third-order valence-electron chi connectivity index (χ3n) is 3.92. The standard InChI is InChI=1S/C18H28N2O2/c1-15(2)10-13-22-17-8-6-16(7-9-17)19-18(21)14-20-11-4-3-5-12-20/h6-9,15H,3-5,10-14H2,1-2H3,(H,19,21). The summed E-state index contributed by atoms with van der Waals surface area (Å²) in [4.78, 5) is 14.3. The zero-order valence-corrected chi connectivity index (χ0v) is 13.8. The lowest BCUT2D eigenvalue weighted by Gasteiger charge is -2.25. The summed E-state index contributed by atoms with van der Waals surface area (Å²) in [5.74, 6) is 1.57. The van der Waals surface area contributed by atoms with Gasteiger partial charge in [-0.3, -0.25) is 9.69 Å². The lowest BCUT2D eigenvalue weighted by Crippen LogP contribution is -2.36. The van der Waals surface area contributed by atoms with Gasteiger partial charge >= 0.3 is 0 Å². The molecule has 22 heavy (non-hydrogen) atoms. The first kappa shape index (κ1) is 16.8. The fourth-order valence-electron chi connectivity index (χ4n) is 2.57. The Morgan fingerprint density at radius 3 is 2.50 bits per heavy atom. The number of likely N-dealkylation sites (tertiary alicyclic amines) is 1. The van der Waals surface area contributed by atoms with Crippen LogP contribution in [0.3, 0.4) is 0 Å². The number of anilines is 1. The van der Waals surface area contributed by atoms with Crippen LogP contribution in [0.25, 0.3) is 0 Å². The number of rotatable bonds is 7. The number of carbonyl (C=O) groups is 1. The predicted molar refractivity (Wildman–Crippen MR) is 90.3 cm³/mol. The number of ether oxygens (including phenoxy) is 1. The second-order valence-corrected chi connectivity index (χ2v) is 6.44. The largest absolute Gasteiger partial charge is 0.494 e. The molecule has 1 heterocycles. The summed E-state index contributed by atoms with van der Waals surface area (Å²) in [6, 6.07) is 7.63. The molecule has 0 unspecified atom stereocenters. The third kappa shape index (κ3) is 6.06. The Bertz CT molecular complexity index is 451. The minimum Gasteiger partial charge on any atom is -0.494 e. The van der Waals surface area contributed by atoms with Crippen LogP contribution in [0.15, 0.2) is 24.3 Å². The van der Waals surface area contributed by atoms with Crippen molar-refractivity contribution in [3.05, 3.63) is 24.3 Å². The molecule has 1 aliphatic rings. The maximum atomic E-state index is 12.0. The van der Waals surface area contributed by atoms with E-state index in [1.165, 1.54) is 19.3 Å². The lowest BCUT2D eigenvalue weighted by atomic mass is 10.1. The fourth-order valence-corrected chi connectivity index (χ4v) is 2.57. The molecule has 0 saturated carbocycles. The maximum absolute atomic E-state index is 12.0. The number of carbonyl (C=O) groups excluding carboxylic acids is 1. The van der Waals surface area contributed by atoms with Crippen LogP contribution in [0.4, 0.5) is 5.69 Å². The molecule has 4 nitrogen and oxygen atoms in total.